The second-order valence-electron chi connectivity index (χ2n) is 8.21. The molecule has 0 atom stereocenters. The van der Waals surface area contributed by atoms with E-state index < -0.39 is 11.2 Å². The van der Waals surface area contributed by atoms with Crippen LogP contribution in [0.2, 0.25) is 0 Å². The molecule has 0 bridgehead atoms. The van der Waals surface area contributed by atoms with Crippen molar-refractivity contribution in [3.63, 3.8) is 0 Å². The Kier molecular flexibility index (Phi) is 4.82. The van der Waals surface area contributed by atoms with Crippen LogP contribution in [0, 0.1) is 0 Å². The van der Waals surface area contributed by atoms with Gasteiger partial charge in [0.2, 0.25) is 0 Å². The van der Waals surface area contributed by atoms with E-state index in [1.54, 1.807) is 21.3 Å². The summed E-state index contributed by atoms with van der Waals surface area (Å²) in [5.41, 5.74) is 1.88. The van der Waals surface area contributed by atoms with Crippen molar-refractivity contribution in [3.05, 3.63) is 66.7 Å². The molecule has 0 aliphatic heterocycles. The first kappa shape index (κ1) is 19.2. The molecule has 0 aliphatic carbocycles. The SMILES string of the molecule is CC(C)(O)C(C)(C)O[B]c1ccc2sc3c(-c4ccccc4)cccc3c2c1. The molecule has 3 aromatic carbocycles. The van der Waals surface area contributed by atoms with Crippen LogP contribution in [0.1, 0.15) is 27.7 Å². The molecule has 0 spiro atoms. The number of fused-ring (bicyclic) bond motifs is 3. The van der Waals surface area contributed by atoms with Gasteiger partial charge in [-0.15, -0.1) is 11.3 Å². The lowest BCUT2D eigenvalue weighted by atomic mass is 9.82. The maximum atomic E-state index is 10.3. The summed E-state index contributed by atoms with van der Waals surface area (Å²) in [6.07, 6.45) is 0. The summed E-state index contributed by atoms with van der Waals surface area (Å²) >= 11 is 1.83. The molecular weight excluding hydrogens is 363 g/mol. The molecule has 1 radical (unpaired) electrons. The van der Waals surface area contributed by atoms with Gasteiger partial charge in [-0.25, -0.2) is 0 Å². The third-order valence-corrected chi connectivity index (χ3v) is 6.79. The molecule has 4 aromatic rings. The quantitative estimate of drug-likeness (QED) is 0.456. The fourth-order valence-corrected chi connectivity index (χ4v) is 4.31. The van der Waals surface area contributed by atoms with E-state index in [-0.39, 0.29) is 0 Å². The average Bonchev–Trinajstić information content (AvgIpc) is 3.04. The molecule has 1 aromatic heterocycles. The molecule has 4 rings (SSSR count). The molecule has 0 aliphatic rings. The average molecular weight is 387 g/mol. The van der Waals surface area contributed by atoms with Crippen molar-refractivity contribution in [1.82, 2.24) is 0 Å². The van der Waals surface area contributed by atoms with Crippen LogP contribution in [0.25, 0.3) is 31.3 Å². The number of aliphatic hydroxyl groups is 1. The first-order valence-corrected chi connectivity index (χ1v) is 10.3. The van der Waals surface area contributed by atoms with Gasteiger partial charge < -0.3 is 9.76 Å². The molecule has 0 unspecified atom stereocenters. The van der Waals surface area contributed by atoms with Gasteiger partial charge in [-0.3, -0.25) is 0 Å². The molecule has 0 saturated heterocycles. The Hall–Kier alpha value is -2.14. The monoisotopic (exact) mass is 387 g/mol. The lowest BCUT2D eigenvalue weighted by Gasteiger charge is -2.37. The highest BCUT2D eigenvalue weighted by molar-refractivity contribution is 7.26. The minimum atomic E-state index is -0.937. The number of benzene rings is 3. The summed E-state index contributed by atoms with van der Waals surface area (Å²) in [5, 5.41) is 12.8. The van der Waals surface area contributed by atoms with Crippen molar-refractivity contribution < 1.29 is 9.76 Å². The smallest absolute Gasteiger partial charge is 0.330 e. The van der Waals surface area contributed by atoms with E-state index in [0.717, 1.165) is 5.46 Å². The zero-order chi connectivity index (χ0) is 19.9. The third-order valence-electron chi connectivity index (χ3n) is 5.57. The normalized spacial score (nSPS) is 12.6. The van der Waals surface area contributed by atoms with Crippen LogP contribution in [0.5, 0.6) is 0 Å². The summed E-state index contributed by atoms with van der Waals surface area (Å²) in [4.78, 5) is 0. The van der Waals surface area contributed by atoms with Gasteiger partial charge in [0.05, 0.1) is 11.2 Å². The van der Waals surface area contributed by atoms with Gasteiger partial charge in [0.25, 0.3) is 0 Å². The minimum Gasteiger partial charge on any atom is -0.427 e. The van der Waals surface area contributed by atoms with Gasteiger partial charge in [-0.1, -0.05) is 66.1 Å². The molecule has 28 heavy (non-hydrogen) atoms. The van der Waals surface area contributed by atoms with Crippen molar-refractivity contribution >= 4 is 44.5 Å². The van der Waals surface area contributed by atoms with E-state index in [1.165, 1.54) is 31.3 Å². The summed E-state index contributed by atoms with van der Waals surface area (Å²) in [6.45, 7) is 7.32. The van der Waals surface area contributed by atoms with E-state index in [2.05, 4.69) is 60.7 Å². The Balaban J connectivity index is 1.73. The lowest BCUT2D eigenvalue weighted by molar-refractivity contribution is -0.0893. The summed E-state index contributed by atoms with van der Waals surface area (Å²) in [6, 6.07) is 23.4. The molecule has 0 amide bonds. The van der Waals surface area contributed by atoms with E-state index in [9.17, 15) is 5.11 Å². The van der Waals surface area contributed by atoms with Gasteiger partial charge in [0.1, 0.15) is 0 Å². The zero-order valence-electron chi connectivity index (χ0n) is 16.7. The number of rotatable bonds is 5. The minimum absolute atomic E-state index is 0.681. The largest absolute Gasteiger partial charge is 0.427 e. The molecule has 1 N–H and O–H groups in total. The second-order valence-corrected chi connectivity index (χ2v) is 9.26. The van der Waals surface area contributed by atoms with Crippen molar-refractivity contribution in [3.8, 4) is 11.1 Å². The van der Waals surface area contributed by atoms with Gasteiger partial charge in [-0.05, 0) is 50.3 Å². The highest BCUT2D eigenvalue weighted by Gasteiger charge is 2.35. The highest BCUT2D eigenvalue weighted by Crippen LogP contribution is 2.39. The van der Waals surface area contributed by atoms with Crippen LogP contribution >= 0.6 is 11.3 Å². The van der Waals surface area contributed by atoms with Gasteiger partial charge in [0.15, 0.2) is 0 Å². The van der Waals surface area contributed by atoms with Crippen LogP contribution in [0.15, 0.2) is 66.7 Å². The van der Waals surface area contributed by atoms with Crippen LogP contribution in [0.3, 0.4) is 0 Å². The molecule has 2 nitrogen and oxygen atoms in total. The van der Waals surface area contributed by atoms with Crippen molar-refractivity contribution in [1.29, 1.82) is 0 Å². The summed E-state index contributed by atoms with van der Waals surface area (Å²) in [5.74, 6) is 0. The van der Waals surface area contributed by atoms with E-state index in [4.69, 9.17) is 4.65 Å². The van der Waals surface area contributed by atoms with Gasteiger partial charge in [0, 0.05) is 14.8 Å². The fourth-order valence-electron chi connectivity index (χ4n) is 3.09. The molecule has 0 saturated carbocycles. The maximum Gasteiger partial charge on any atom is 0.330 e. The third kappa shape index (κ3) is 3.48. The molecule has 0 fully saturated rings. The Morgan fingerprint density at radius 2 is 1.61 bits per heavy atom. The predicted octanol–water partition coefficient (Wildman–Crippen LogP) is 5.53. The van der Waals surface area contributed by atoms with E-state index >= 15 is 0 Å². The van der Waals surface area contributed by atoms with Crippen molar-refractivity contribution in [2.45, 2.75) is 38.9 Å². The fraction of sp³-hybridized carbons (Fsp3) is 0.250. The Labute approximate surface area is 171 Å². The van der Waals surface area contributed by atoms with Crippen LogP contribution in [-0.4, -0.2) is 23.8 Å². The van der Waals surface area contributed by atoms with Crippen LogP contribution < -0.4 is 5.46 Å². The lowest BCUT2D eigenvalue weighted by Crippen LogP contribution is -2.49. The van der Waals surface area contributed by atoms with Gasteiger partial charge in [-0.2, -0.15) is 0 Å². The second kappa shape index (κ2) is 7.04. The standard InChI is InChI=1S/C24H24BO2S/c1-23(2,26)24(3,4)27-25-17-13-14-21-20(15-17)19-12-8-11-18(22(19)28-21)16-9-6-5-7-10-16/h5-15,26H,1-4H3. The summed E-state index contributed by atoms with van der Waals surface area (Å²) < 4.78 is 8.50. The first-order chi connectivity index (χ1) is 13.3. The highest BCUT2D eigenvalue weighted by atomic mass is 32.1. The number of hydrogen-bond donors (Lipinski definition) is 1. The zero-order valence-corrected chi connectivity index (χ0v) is 17.5. The van der Waals surface area contributed by atoms with Crippen molar-refractivity contribution in [2.24, 2.45) is 0 Å². The number of thiophene rings is 1. The maximum absolute atomic E-state index is 10.3. The predicted molar refractivity (Wildman–Crippen MR) is 122 cm³/mol. The van der Waals surface area contributed by atoms with Crippen LogP contribution in [0.4, 0.5) is 0 Å². The molecule has 1 heterocycles. The molecule has 141 valence electrons. The Morgan fingerprint density at radius 1 is 0.857 bits per heavy atom. The van der Waals surface area contributed by atoms with Crippen molar-refractivity contribution in [2.75, 3.05) is 0 Å². The summed E-state index contributed by atoms with van der Waals surface area (Å²) in [7, 11) is 1.75. The molecular formula is C24H24BO2S. The molecule has 4 heteroatoms. The Bertz CT molecular complexity index is 1120. The van der Waals surface area contributed by atoms with E-state index in [0.29, 0.717) is 0 Å². The first-order valence-electron chi connectivity index (χ1n) is 9.50. The van der Waals surface area contributed by atoms with Gasteiger partial charge >= 0.3 is 7.48 Å². The van der Waals surface area contributed by atoms with E-state index in [1.807, 2.05) is 31.3 Å². The number of hydrogen-bond acceptors (Lipinski definition) is 3. The topological polar surface area (TPSA) is 29.5 Å². The Morgan fingerprint density at radius 3 is 2.32 bits per heavy atom. The van der Waals surface area contributed by atoms with Crippen LogP contribution in [-0.2, 0) is 4.65 Å².